The van der Waals surface area contributed by atoms with Gasteiger partial charge >= 0.3 is 0 Å². The van der Waals surface area contributed by atoms with Crippen molar-refractivity contribution in [2.75, 3.05) is 6.54 Å². The largest absolute Gasteiger partial charge is 0.300 e. The molecule has 0 radical (unpaired) electrons. The Morgan fingerprint density at radius 3 is 2.22 bits per heavy atom. The summed E-state index contributed by atoms with van der Waals surface area (Å²) >= 11 is 0. The van der Waals surface area contributed by atoms with Gasteiger partial charge in [-0.1, -0.05) is 51.1 Å². The Bertz CT molecular complexity index is 355. The Hall–Kier alpha value is -1.15. The Kier molecular flexibility index (Phi) is 6.06. The van der Waals surface area contributed by atoms with Crippen LogP contribution in [0.3, 0.4) is 0 Å². The van der Waals surface area contributed by atoms with Crippen LogP contribution in [0, 0.1) is 0 Å². The van der Waals surface area contributed by atoms with Crippen LogP contribution in [0.25, 0.3) is 0 Å². The van der Waals surface area contributed by atoms with Gasteiger partial charge in [-0.25, -0.2) is 0 Å². The molecule has 0 saturated carbocycles. The molecule has 0 unspecified atom stereocenters. The third-order valence-corrected chi connectivity index (χ3v) is 3.69. The van der Waals surface area contributed by atoms with Crippen LogP contribution in [-0.4, -0.2) is 12.3 Å². The Balaban J connectivity index is 2.78. The molecule has 2 nitrogen and oxygen atoms in total. The summed E-state index contributed by atoms with van der Waals surface area (Å²) in [6.45, 7) is 6.87. The maximum atomic E-state index is 11.7. The highest BCUT2D eigenvalue weighted by Gasteiger charge is 2.27. The van der Waals surface area contributed by atoms with E-state index in [9.17, 15) is 4.79 Å². The number of nitrogens with one attached hydrogen (secondary N) is 1. The topological polar surface area (TPSA) is 29.1 Å². The van der Waals surface area contributed by atoms with E-state index in [4.69, 9.17) is 0 Å². The minimum atomic E-state index is -0.0648. The summed E-state index contributed by atoms with van der Waals surface area (Å²) < 4.78 is 0. The molecule has 0 fully saturated rings. The molecule has 0 aliphatic heterocycles. The first-order valence-corrected chi connectivity index (χ1v) is 7.00. The molecule has 0 amide bonds. The number of Topliss-reactive ketones (excluding diaryl/α,β-unsaturated/α-hetero) is 1. The van der Waals surface area contributed by atoms with E-state index < -0.39 is 0 Å². The van der Waals surface area contributed by atoms with Gasteiger partial charge in [0.05, 0.1) is 6.54 Å². The molecule has 1 aromatic rings. The maximum absolute atomic E-state index is 11.7. The first-order valence-electron chi connectivity index (χ1n) is 7.00. The minimum absolute atomic E-state index is 0.0648. The lowest BCUT2D eigenvalue weighted by atomic mass is 9.84. The van der Waals surface area contributed by atoms with Gasteiger partial charge in [-0.15, -0.1) is 0 Å². The van der Waals surface area contributed by atoms with E-state index in [1.807, 2.05) is 13.0 Å². The van der Waals surface area contributed by atoms with Gasteiger partial charge in [0.15, 0.2) is 0 Å². The molecule has 0 aliphatic rings. The van der Waals surface area contributed by atoms with Crippen molar-refractivity contribution in [3.05, 3.63) is 35.9 Å². The van der Waals surface area contributed by atoms with E-state index in [0.717, 1.165) is 19.3 Å². The average molecular weight is 247 g/mol. The Morgan fingerprint density at radius 2 is 1.72 bits per heavy atom. The summed E-state index contributed by atoms with van der Waals surface area (Å²) in [7, 11) is 0. The molecule has 0 spiro atoms. The van der Waals surface area contributed by atoms with Gasteiger partial charge in [0, 0.05) is 12.0 Å². The molecule has 0 saturated heterocycles. The molecule has 1 N–H and O–H groups in total. The van der Waals surface area contributed by atoms with E-state index in [-0.39, 0.29) is 5.54 Å². The minimum Gasteiger partial charge on any atom is -0.300 e. The predicted octanol–water partition coefficient (Wildman–Crippen LogP) is 3.66. The van der Waals surface area contributed by atoms with Crippen molar-refractivity contribution >= 4 is 5.78 Å². The fourth-order valence-corrected chi connectivity index (χ4v) is 2.40. The highest BCUT2D eigenvalue weighted by atomic mass is 16.1. The van der Waals surface area contributed by atoms with Crippen molar-refractivity contribution in [1.29, 1.82) is 0 Å². The molecule has 1 rings (SSSR count). The molecule has 100 valence electrons. The number of hydrogen-bond acceptors (Lipinski definition) is 2. The van der Waals surface area contributed by atoms with Crippen LogP contribution in [0.1, 0.15) is 52.0 Å². The summed E-state index contributed by atoms with van der Waals surface area (Å²) in [6.07, 6.45) is 3.59. The van der Waals surface area contributed by atoms with Gasteiger partial charge in [0.2, 0.25) is 0 Å². The SMILES string of the molecule is CCCC(=O)CNC(CC)(CC)c1ccccc1. The molecule has 18 heavy (non-hydrogen) atoms. The molecule has 0 bridgehead atoms. The average Bonchev–Trinajstić information content (AvgIpc) is 2.42. The number of ketones is 1. The Morgan fingerprint density at radius 1 is 1.11 bits per heavy atom. The molecular formula is C16H25NO. The van der Waals surface area contributed by atoms with Crippen LogP contribution >= 0.6 is 0 Å². The lowest BCUT2D eigenvalue weighted by Gasteiger charge is -2.33. The van der Waals surface area contributed by atoms with E-state index >= 15 is 0 Å². The quantitative estimate of drug-likeness (QED) is 0.759. The Labute approximate surface area is 111 Å². The zero-order chi connectivity index (χ0) is 13.4. The maximum Gasteiger partial charge on any atom is 0.146 e. The van der Waals surface area contributed by atoms with Crippen molar-refractivity contribution in [1.82, 2.24) is 5.32 Å². The highest BCUT2D eigenvalue weighted by Crippen LogP contribution is 2.28. The van der Waals surface area contributed by atoms with E-state index in [1.165, 1.54) is 5.56 Å². The van der Waals surface area contributed by atoms with E-state index in [1.54, 1.807) is 0 Å². The van der Waals surface area contributed by atoms with Crippen molar-refractivity contribution in [3.63, 3.8) is 0 Å². The highest BCUT2D eigenvalue weighted by molar-refractivity contribution is 5.80. The monoisotopic (exact) mass is 247 g/mol. The lowest BCUT2D eigenvalue weighted by Crippen LogP contribution is -2.44. The first-order chi connectivity index (χ1) is 8.68. The van der Waals surface area contributed by atoms with Crippen LogP contribution in [0.5, 0.6) is 0 Å². The predicted molar refractivity (Wildman–Crippen MR) is 76.6 cm³/mol. The molecule has 0 aromatic heterocycles. The third kappa shape index (κ3) is 3.67. The number of benzene rings is 1. The van der Waals surface area contributed by atoms with Crippen molar-refractivity contribution in [2.24, 2.45) is 0 Å². The van der Waals surface area contributed by atoms with Crippen LogP contribution in [0.4, 0.5) is 0 Å². The smallest absolute Gasteiger partial charge is 0.146 e. The van der Waals surface area contributed by atoms with Crippen molar-refractivity contribution in [3.8, 4) is 0 Å². The summed E-state index contributed by atoms with van der Waals surface area (Å²) in [5.41, 5.74) is 1.21. The van der Waals surface area contributed by atoms with Gasteiger partial charge in [-0.2, -0.15) is 0 Å². The fourth-order valence-electron chi connectivity index (χ4n) is 2.40. The van der Waals surface area contributed by atoms with Crippen LogP contribution in [-0.2, 0) is 10.3 Å². The van der Waals surface area contributed by atoms with Crippen LogP contribution in [0.2, 0.25) is 0 Å². The lowest BCUT2D eigenvalue weighted by molar-refractivity contribution is -0.118. The summed E-state index contributed by atoms with van der Waals surface area (Å²) in [6, 6.07) is 10.4. The number of hydrogen-bond donors (Lipinski definition) is 1. The normalized spacial score (nSPS) is 11.5. The second kappa shape index (κ2) is 7.32. The molecular weight excluding hydrogens is 222 g/mol. The number of carbonyl (C=O) groups is 1. The zero-order valence-corrected chi connectivity index (χ0v) is 11.8. The third-order valence-electron chi connectivity index (χ3n) is 3.69. The van der Waals surface area contributed by atoms with Crippen molar-refractivity contribution in [2.45, 2.75) is 52.0 Å². The fraction of sp³-hybridized carbons (Fsp3) is 0.562. The second-order valence-corrected chi connectivity index (χ2v) is 4.80. The van der Waals surface area contributed by atoms with Gasteiger partial charge < -0.3 is 5.32 Å². The summed E-state index contributed by atoms with van der Waals surface area (Å²) in [4.78, 5) is 11.7. The molecule has 0 heterocycles. The molecule has 2 heteroatoms. The standard InChI is InChI=1S/C16H25NO/c1-4-10-15(18)13-17-16(5-2,6-3)14-11-8-7-9-12-14/h7-9,11-12,17H,4-6,10,13H2,1-3H3. The molecule has 0 aliphatic carbocycles. The van der Waals surface area contributed by atoms with Crippen LogP contribution < -0.4 is 5.32 Å². The van der Waals surface area contributed by atoms with E-state index in [2.05, 4.69) is 43.4 Å². The van der Waals surface area contributed by atoms with Gasteiger partial charge in [-0.05, 0) is 24.8 Å². The van der Waals surface area contributed by atoms with E-state index in [0.29, 0.717) is 18.7 Å². The summed E-state index contributed by atoms with van der Waals surface area (Å²) in [5.74, 6) is 0.305. The molecule has 1 aromatic carbocycles. The van der Waals surface area contributed by atoms with Crippen molar-refractivity contribution < 1.29 is 4.79 Å². The van der Waals surface area contributed by atoms with Gasteiger partial charge in [0.1, 0.15) is 5.78 Å². The van der Waals surface area contributed by atoms with Gasteiger partial charge in [0.25, 0.3) is 0 Å². The summed E-state index contributed by atoms with van der Waals surface area (Å²) in [5, 5.41) is 3.48. The number of carbonyl (C=O) groups excluding carboxylic acids is 1. The molecule has 0 atom stereocenters. The van der Waals surface area contributed by atoms with Crippen LogP contribution in [0.15, 0.2) is 30.3 Å². The first kappa shape index (κ1) is 14.9. The second-order valence-electron chi connectivity index (χ2n) is 4.80. The zero-order valence-electron chi connectivity index (χ0n) is 11.8. The van der Waals surface area contributed by atoms with Gasteiger partial charge in [-0.3, -0.25) is 4.79 Å². The number of rotatable bonds is 8.